The number of non-ortho nitro benzene ring substituents is 1. The summed E-state index contributed by atoms with van der Waals surface area (Å²) in [6, 6.07) is 10.4. The van der Waals surface area contributed by atoms with Crippen molar-refractivity contribution in [3.8, 4) is 11.5 Å². The monoisotopic (exact) mass is 454 g/mol. The van der Waals surface area contributed by atoms with Gasteiger partial charge in [0, 0.05) is 17.7 Å². The quantitative estimate of drug-likeness (QED) is 0.312. The number of rotatable bonds is 7. The van der Waals surface area contributed by atoms with Crippen LogP contribution in [0.5, 0.6) is 11.5 Å². The Morgan fingerprint density at radius 3 is 2.72 bits per heavy atom. The van der Waals surface area contributed by atoms with Crippen LogP contribution in [0, 0.1) is 10.1 Å². The minimum absolute atomic E-state index is 0.0798. The number of hydrogen-bond donors (Lipinski definition) is 2. The molecule has 32 heavy (non-hydrogen) atoms. The molecule has 0 saturated carbocycles. The van der Waals surface area contributed by atoms with Crippen molar-refractivity contribution in [3.05, 3.63) is 68.7 Å². The summed E-state index contributed by atoms with van der Waals surface area (Å²) in [5.41, 5.74) is 3.22. The number of fused-ring (bicyclic) bond motifs is 1. The summed E-state index contributed by atoms with van der Waals surface area (Å²) in [4.78, 5) is 34.4. The predicted molar refractivity (Wildman–Crippen MR) is 113 cm³/mol. The highest BCUT2D eigenvalue weighted by atomic mass is 32.1. The number of aromatic nitrogens is 2. The first-order chi connectivity index (χ1) is 15.5. The minimum atomic E-state index is -0.553. The van der Waals surface area contributed by atoms with Crippen molar-refractivity contribution in [1.82, 2.24) is 15.6 Å². The Bertz CT molecular complexity index is 1210. The first kappa shape index (κ1) is 20.9. The van der Waals surface area contributed by atoms with E-state index in [1.54, 1.807) is 18.2 Å². The molecular weight excluding hydrogens is 440 g/mol. The van der Waals surface area contributed by atoms with Gasteiger partial charge in [-0.25, -0.2) is 5.43 Å². The van der Waals surface area contributed by atoms with Crippen LogP contribution in [0.15, 0.2) is 47.6 Å². The van der Waals surface area contributed by atoms with Gasteiger partial charge in [0.25, 0.3) is 11.6 Å². The third kappa shape index (κ3) is 5.02. The molecule has 2 N–H and O–H groups in total. The number of benzene rings is 2. The summed E-state index contributed by atoms with van der Waals surface area (Å²) in [7, 11) is 0. The van der Waals surface area contributed by atoms with Crippen LogP contribution in [0.25, 0.3) is 0 Å². The first-order valence-electron chi connectivity index (χ1n) is 9.08. The van der Waals surface area contributed by atoms with Gasteiger partial charge >= 0.3 is 0 Å². The van der Waals surface area contributed by atoms with Gasteiger partial charge in [0.2, 0.25) is 17.8 Å². The molecule has 1 aromatic heterocycles. The summed E-state index contributed by atoms with van der Waals surface area (Å²) < 4.78 is 10.5. The van der Waals surface area contributed by atoms with E-state index in [2.05, 4.69) is 26.0 Å². The highest BCUT2D eigenvalue weighted by molar-refractivity contribution is 7.15. The van der Waals surface area contributed by atoms with E-state index < -0.39 is 16.7 Å². The Morgan fingerprint density at radius 1 is 1.16 bits per heavy atom. The second kappa shape index (κ2) is 9.18. The maximum Gasteiger partial charge on any atom is 0.269 e. The molecule has 3 aromatic rings. The molecule has 2 amide bonds. The molecule has 1 aliphatic heterocycles. The largest absolute Gasteiger partial charge is 0.454 e. The molecule has 0 aliphatic carbocycles. The van der Waals surface area contributed by atoms with Gasteiger partial charge in [-0.3, -0.25) is 25.0 Å². The smallest absolute Gasteiger partial charge is 0.269 e. The molecule has 2 heterocycles. The molecule has 0 unspecified atom stereocenters. The van der Waals surface area contributed by atoms with Crippen molar-refractivity contribution in [2.24, 2.45) is 5.10 Å². The summed E-state index contributed by atoms with van der Waals surface area (Å²) in [6.07, 6.45) is 1.39. The van der Waals surface area contributed by atoms with Crippen LogP contribution in [0.3, 0.4) is 0 Å². The van der Waals surface area contributed by atoms with Gasteiger partial charge in [0.1, 0.15) is 5.01 Å². The van der Waals surface area contributed by atoms with E-state index >= 15 is 0 Å². The molecular formula is C19H14N6O6S. The predicted octanol–water partition coefficient (Wildman–Crippen LogP) is 2.12. The molecule has 0 radical (unpaired) electrons. The molecule has 13 heteroatoms. The number of amides is 2. The summed E-state index contributed by atoms with van der Waals surface area (Å²) in [5.74, 6) is 0.350. The van der Waals surface area contributed by atoms with Crippen molar-refractivity contribution < 1.29 is 24.0 Å². The van der Waals surface area contributed by atoms with E-state index in [9.17, 15) is 19.7 Å². The molecule has 2 aromatic carbocycles. The van der Waals surface area contributed by atoms with Gasteiger partial charge in [0.15, 0.2) is 11.5 Å². The van der Waals surface area contributed by atoms with Gasteiger partial charge in [-0.2, -0.15) is 5.10 Å². The number of nitrogens with one attached hydrogen (secondary N) is 2. The van der Waals surface area contributed by atoms with Crippen molar-refractivity contribution in [2.75, 3.05) is 12.1 Å². The molecule has 0 fully saturated rings. The number of ether oxygens (including phenoxy) is 2. The summed E-state index contributed by atoms with van der Waals surface area (Å²) in [6.45, 7) is 0.171. The van der Waals surface area contributed by atoms with E-state index in [1.807, 2.05) is 0 Å². The van der Waals surface area contributed by atoms with Crippen LogP contribution in [0.2, 0.25) is 0 Å². The molecule has 4 rings (SSSR count). The number of anilines is 1. The van der Waals surface area contributed by atoms with E-state index in [0.717, 1.165) is 16.9 Å². The standard InChI is InChI=1S/C19H14N6O6S/c26-16(22-20-9-11-1-6-14-15(7-11)31-10-30-14)8-17-23-24-19(32-17)21-18(27)12-2-4-13(5-3-12)25(28)29/h1-7,9H,8,10H2,(H,22,26)(H,21,24,27)/b20-9-. The third-order valence-corrected chi connectivity index (χ3v) is 4.98. The van der Waals surface area contributed by atoms with E-state index in [-0.39, 0.29) is 29.6 Å². The van der Waals surface area contributed by atoms with Crippen molar-refractivity contribution >= 4 is 40.2 Å². The average Bonchev–Trinajstić information content (AvgIpc) is 3.42. The zero-order valence-corrected chi connectivity index (χ0v) is 17.0. The SMILES string of the molecule is O=C(Cc1nnc(NC(=O)c2ccc([N+](=O)[O-])cc2)s1)N/N=C\c1ccc2c(c1)OCO2. The lowest BCUT2D eigenvalue weighted by Gasteiger charge is -2.00. The lowest BCUT2D eigenvalue weighted by atomic mass is 10.2. The summed E-state index contributed by atoms with van der Waals surface area (Å²) >= 11 is 1.03. The number of carbonyl (C=O) groups is 2. The number of nitro groups is 1. The van der Waals surface area contributed by atoms with E-state index in [1.165, 1.54) is 30.5 Å². The zero-order chi connectivity index (χ0) is 22.5. The Balaban J connectivity index is 1.28. The number of hydrazone groups is 1. The Kier molecular flexibility index (Phi) is 5.98. The van der Waals surface area contributed by atoms with E-state index in [4.69, 9.17) is 9.47 Å². The fraction of sp³-hybridized carbons (Fsp3) is 0.105. The topological polar surface area (TPSA) is 158 Å². The van der Waals surface area contributed by atoms with Crippen molar-refractivity contribution in [1.29, 1.82) is 0 Å². The van der Waals surface area contributed by atoms with Gasteiger partial charge in [-0.1, -0.05) is 11.3 Å². The van der Waals surface area contributed by atoms with E-state index in [0.29, 0.717) is 16.5 Å². The normalized spacial score (nSPS) is 12.0. The Hall–Kier alpha value is -4.39. The van der Waals surface area contributed by atoms with Crippen LogP contribution in [-0.2, 0) is 11.2 Å². The highest BCUT2D eigenvalue weighted by Crippen LogP contribution is 2.31. The van der Waals surface area contributed by atoms with Crippen LogP contribution in [0.4, 0.5) is 10.8 Å². The molecule has 1 aliphatic rings. The van der Waals surface area contributed by atoms with Crippen LogP contribution in [-0.4, -0.2) is 39.9 Å². The molecule has 0 saturated heterocycles. The van der Waals surface area contributed by atoms with Gasteiger partial charge in [-0.15, -0.1) is 10.2 Å². The average molecular weight is 454 g/mol. The number of nitro benzene ring substituents is 1. The van der Waals surface area contributed by atoms with Gasteiger partial charge in [0.05, 0.1) is 17.6 Å². The highest BCUT2D eigenvalue weighted by Gasteiger charge is 2.14. The third-order valence-electron chi connectivity index (χ3n) is 4.14. The Labute approximate surface area is 184 Å². The zero-order valence-electron chi connectivity index (χ0n) is 16.2. The lowest BCUT2D eigenvalue weighted by Crippen LogP contribution is -2.19. The Morgan fingerprint density at radius 2 is 1.94 bits per heavy atom. The number of carbonyl (C=O) groups excluding carboxylic acids is 2. The fourth-order valence-corrected chi connectivity index (χ4v) is 3.36. The maximum absolute atomic E-state index is 12.2. The van der Waals surface area contributed by atoms with Gasteiger partial charge in [-0.05, 0) is 35.9 Å². The molecule has 0 atom stereocenters. The van der Waals surface area contributed by atoms with Crippen molar-refractivity contribution in [2.45, 2.75) is 6.42 Å². The lowest BCUT2D eigenvalue weighted by molar-refractivity contribution is -0.384. The number of nitrogens with zero attached hydrogens (tertiary/aromatic N) is 4. The number of hydrogen-bond acceptors (Lipinski definition) is 10. The van der Waals surface area contributed by atoms with Crippen LogP contribution >= 0.6 is 11.3 Å². The van der Waals surface area contributed by atoms with Crippen LogP contribution < -0.4 is 20.2 Å². The molecule has 12 nitrogen and oxygen atoms in total. The second-order valence-electron chi connectivity index (χ2n) is 6.34. The second-order valence-corrected chi connectivity index (χ2v) is 7.40. The minimum Gasteiger partial charge on any atom is -0.454 e. The maximum atomic E-state index is 12.2. The summed E-state index contributed by atoms with van der Waals surface area (Å²) in [5, 5.41) is 25.4. The van der Waals surface area contributed by atoms with Crippen molar-refractivity contribution in [3.63, 3.8) is 0 Å². The van der Waals surface area contributed by atoms with Crippen LogP contribution in [0.1, 0.15) is 20.9 Å². The fourth-order valence-electron chi connectivity index (χ4n) is 2.63. The molecule has 162 valence electrons. The molecule has 0 bridgehead atoms. The first-order valence-corrected chi connectivity index (χ1v) is 9.89. The molecule has 0 spiro atoms. The van der Waals surface area contributed by atoms with Gasteiger partial charge < -0.3 is 9.47 Å².